The van der Waals surface area contributed by atoms with Crippen LogP contribution in [-0.4, -0.2) is 11.2 Å². The highest BCUT2D eigenvalue weighted by Crippen LogP contribution is 2.29. The highest BCUT2D eigenvalue weighted by atomic mass is 127. The molecule has 4 aromatic rings. The highest BCUT2D eigenvalue weighted by Gasteiger charge is 2.30. The second-order valence-corrected chi connectivity index (χ2v) is 8.08. The van der Waals surface area contributed by atoms with Crippen LogP contribution in [0.4, 0.5) is 19.0 Å². The van der Waals surface area contributed by atoms with Crippen molar-refractivity contribution in [2.75, 3.05) is 5.43 Å². The number of anilines is 1. The maximum absolute atomic E-state index is 12.6. The van der Waals surface area contributed by atoms with Crippen LogP contribution in [0.25, 0.3) is 10.8 Å². The van der Waals surface area contributed by atoms with Gasteiger partial charge in [-0.3, -0.25) is 5.43 Å². The monoisotopic (exact) mass is 547 g/mol. The smallest absolute Gasteiger partial charge is 0.417 e. The summed E-state index contributed by atoms with van der Waals surface area (Å²) >= 11 is 2.20. The van der Waals surface area contributed by atoms with Crippen molar-refractivity contribution >= 4 is 45.4 Å². The van der Waals surface area contributed by atoms with Crippen molar-refractivity contribution in [1.29, 1.82) is 0 Å². The SMILES string of the molecule is FC(F)(F)c1ccc(N/N=C\c2ccc(OCc3cccc4ccccc34)c(I)c2)nc1. The average molecular weight is 547 g/mol. The number of pyridine rings is 1. The summed E-state index contributed by atoms with van der Waals surface area (Å²) in [6.07, 6.45) is -2.08. The van der Waals surface area contributed by atoms with Crippen molar-refractivity contribution < 1.29 is 17.9 Å². The minimum absolute atomic E-state index is 0.221. The highest BCUT2D eigenvalue weighted by molar-refractivity contribution is 14.1. The summed E-state index contributed by atoms with van der Waals surface area (Å²) in [6, 6.07) is 22.1. The molecule has 8 heteroatoms. The van der Waals surface area contributed by atoms with Crippen molar-refractivity contribution in [2.45, 2.75) is 12.8 Å². The molecule has 0 atom stereocenters. The van der Waals surface area contributed by atoms with Gasteiger partial charge in [0, 0.05) is 6.20 Å². The number of fused-ring (bicyclic) bond motifs is 1. The molecule has 3 aromatic carbocycles. The van der Waals surface area contributed by atoms with E-state index in [0.29, 0.717) is 6.61 Å². The van der Waals surface area contributed by atoms with E-state index in [2.05, 4.69) is 62.4 Å². The minimum Gasteiger partial charge on any atom is -0.488 e. The van der Waals surface area contributed by atoms with Crippen molar-refractivity contribution in [2.24, 2.45) is 5.10 Å². The van der Waals surface area contributed by atoms with Crippen LogP contribution in [0.3, 0.4) is 0 Å². The molecule has 0 spiro atoms. The van der Waals surface area contributed by atoms with E-state index in [0.717, 1.165) is 38.1 Å². The lowest BCUT2D eigenvalue weighted by Crippen LogP contribution is -2.05. The van der Waals surface area contributed by atoms with Gasteiger partial charge in [0.15, 0.2) is 0 Å². The lowest BCUT2D eigenvalue weighted by atomic mass is 10.1. The number of ether oxygens (including phenoxy) is 1. The zero-order chi connectivity index (χ0) is 22.6. The number of halogens is 4. The van der Waals surface area contributed by atoms with Crippen molar-refractivity contribution in [3.05, 3.63) is 99.3 Å². The van der Waals surface area contributed by atoms with Gasteiger partial charge in [-0.1, -0.05) is 42.5 Å². The van der Waals surface area contributed by atoms with Gasteiger partial charge in [0.1, 0.15) is 18.2 Å². The summed E-state index contributed by atoms with van der Waals surface area (Å²) in [6.45, 7) is 0.450. The van der Waals surface area contributed by atoms with Gasteiger partial charge < -0.3 is 4.74 Å². The molecule has 0 saturated carbocycles. The third-order valence-corrected chi connectivity index (χ3v) is 5.55. The standard InChI is InChI=1S/C24H17F3IN3O/c25-24(26,27)19-9-11-23(29-14-19)31-30-13-16-8-10-22(21(28)12-16)32-15-18-6-3-5-17-4-1-2-7-20(17)18/h1-14H,15H2,(H,29,31)/b30-13-. The van der Waals surface area contributed by atoms with E-state index >= 15 is 0 Å². The molecule has 0 aliphatic rings. The molecule has 0 aliphatic heterocycles. The second kappa shape index (κ2) is 9.56. The first-order valence-corrected chi connectivity index (χ1v) is 10.7. The predicted molar refractivity (Wildman–Crippen MR) is 128 cm³/mol. The lowest BCUT2D eigenvalue weighted by molar-refractivity contribution is -0.137. The molecule has 0 amide bonds. The Balaban J connectivity index is 1.38. The van der Waals surface area contributed by atoms with Crippen LogP contribution in [0.5, 0.6) is 5.75 Å². The van der Waals surface area contributed by atoms with Crippen molar-refractivity contribution in [3.8, 4) is 5.75 Å². The third-order valence-electron chi connectivity index (χ3n) is 4.70. The summed E-state index contributed by atoms with van der Waals surface area (Å²) in [7, 11) is 0. The number of alkyl halides is 3. The number of hydrogen-bond donors (Lipinski definition) is 1. The molecule has 4 rings (SSSR count). The quantitative estimate of drug-likeness (QED) is 0.163. The van der Waals surface area contributed by atoms with Gasteiger partial charge in [0.05, 0.1) is 15.3 Å². The first-order valence-electron chi connectivity index (χ1n) is 9.61. The van der Waals surface area contributed by atoms with E-state index in [1.807, 2.05) is 36.4 Å². The van der Waals surface area contributed by atoms with E-state index in [9.17, 15) is 13.2 Å². The molecule has 0 saturated heterocycles. The van der Waals surface area contributed by atoms with Crippen LogP contribution in [0.1, 0.15) is 16.7 Å². The number of hydrogen-bond acceptors (Lipinski definition) is 4. The van der Waals surface area contributed by atoms with Gasteiger partial charge in [-0.2, -0.15) is 18.3 Å². The normalized spacial score (nSPS) is 11.8. The van der Waals surface area contributed by atoms with Crippen molar-refractivity contribution in [3.63, 3.8) is 0 Å². The molecule has 1 heterocycles. The number of nitrogens with one attached hydrogen (secondary N) is 1. The summed E-state index contributed by atoms with van der Waals surface area (Å²) in [5, 5.41) is 6.37. The Morgan fingerprint density at radius 1 is 1.00 bits per heavy atom. The summed E-state index contributed by atoms with van der Waals surface area (Å²) < 4.78 is 44.7. The van der Waals surface area contributed by atoms with Crippen molar-refractivity contribution in [1.82, 2.24) is 4.98 Å². The molecule has 162 valence electrons. The molecule has 1 N–H and O–H groups in total. The summed E-state index contributed by atoms with van der Waals surface area (Å²) in [4.78, 5) is 3.72. The fraction of sp³-hybridized carbons (Fsp3) is 0.0833. The van der Waals surface area contributed by atoms with Crippen LogP contribution in [0.15, 0.2) is 84.1 Å². The first kappa shape index (κ1) is 22.1. The molecular weight excluding hydrogens is 530 g/mol. The van der Waals surface area contributed by atoms with E-state index in [4.69, 9.17) is 4.74 Å². The topological polar surface area (TPSA) is 46.5 Å². The Kier molecular flexibility index (Phi) is 6.59. The van der Waals surface area contributed by atoms with Gasteiger partial charge >= 0.3 is 6.18 Å². The molecule has 0 aliphatic carbocycles. The Bertz CT molecular complexity index is 1250. The molecular formula is C24H17F3IN3O. The van der Waals surface area contributed by atoms with Gasteiger partial charge in [-0.25, -0.2) is 4.98 Å². The maximum Gasteiger partial charge on any atom is 0.417 e. The number of benzene rings is 3. The van der Waals surface area contributed by atoms with Crippen LogP contribution in [0.2, 0.25) is 0 Å². The first-order chi connectivity index (χ1) is 15.4. The largest absolute Gasteiger partial charge is 0.488 e. The van der Waals surface area contributed by atoms with Gasteiger partial charge in [0.2, 0.25) is 0 Å². The maximum atomic E-state index is 12.6. The molecule has 32 heavy (non-hydrogen) atoms. The van der Waals surface area contributed by atoms with Crippen LogP contribution in [-0.2, 0) is 12.8 Å². The van der Waals surface area contributed by atoms with Crippen LogP contribution >= 0.6 is 22.6 Å². The number of hydrazone groups is 1. The fourth-order valence-electron chi connectivity index (χ4n) is 3.09. The molecule has 0 fully saturated rings. The number of aromatic nitrogens is 1. The number of nitrogens with zero attached hydrogens (tertiary/aromatic N) is 2. The van der Waals surface area contributed by atoms with Crippen LogP contribution < -0.4 is 10.2 Å². The fourth-order valence-corrected chi connectivity index (χ4v) is 3.78. The van der Waals surface area contributed by atoms with E-state index in [1.165, 1.54) is 11.5 Å². The van der Waals surface area contributed by atoms with E-state index in [1.54, 1.807) is 6.21 Å². The summed E-state index contributed by atoms with van der Waals surface area (Å²) in [5.74, 6) is 0.979. The average Bonchev–Trinajstić information content (AvgIpc) is 2.78. The van der Waals surface area contributed by atoms with Gasteiger partial charge in [-0.15, -0.1) is 0 Å². The Morgan fingerprint density at radius 2 is 1.81 bits per heavy atom. The predicted octanol–water partition coefficient (Wildman–Crippen LogP) is 6.88. The Labute approximate surface area is 196 Å². The Hall–Kier alpha value is -3.14. The number of rotatable bonds is 6. The molecule has 1 aromatic heterocycles. The molecule has 0 bridgehead atoms. The Morgan fingerprint density at radius 3 is 2.56 bits per heavy atom. The third kappa shape index (κ3) is 5.37. The zero-order valence-corrected chi connectivity index (χ0v) is 18.8. The van der Waals surface area contributed by atoms with Crippen LogP contribution in [0, 0.1) is 3.57 Å². The van der Waals surface area contributed by atoms with E-state index in [-0.39, 0.29) is 5.82 Å². The molecule has 0 unspecified atom stereocenters. The molecule has 4 nitrogen and oxygen atoms in total. The second-order valence-electron chi connectivity index (χ2n) is 6.92. The lowest BCUT2D eigenvalue weighted by Gasteiger charge is -2.11. The van der Waals surface area contributed by atoms with E-state index < -0.39 is 11.7 Å². The summed E-state index contributed by atoms with van der Waals surface area (Å²) in [5.41, 5.74) is 3.74. The molecule has 0 radical (unpaired) electrons. The van der Waals surface area contributed by atoms with Gasteiger partial charge in [0.25, 0.3) is 0 Å². The zero-order valence-electron chi connectivity index (χ0n) is 16.6. The minimum atomic E-state index is -4.41. The van der Waals surface area contributed by atoms with Gasteiger partial charge in [-0.05, 0) is 74.8 Å².